The van der Waals surface area contributed by atoms with Crippen molar-refractivity contribution < 1.29 is 4.74 Å². The van der Waals surface area contributed by atoms with Crippen molar-refractivity contribution in [1.82, 2.24) is 14.5 Å². The van der Waals surface area contributed by atoms with Crippen molar-refractivity contribution in [2.75, 3.05) is 31.6 Å². The van der Waals surface area contributed by atoms with E-state index in [1.54, 1.807) is 6.33 Å². The number of nitrogens with two attached hydrogens (primary N) is 2. The minimum Gasteiger partial charge on any atom is -0.492 e. The number of aliphatic imine (C=N–C) groups is 1. The van der Waals surface area contributed by atoms with E-state index in [4.69, 9.17) is 16.2 Å². The van der Waals surface area contributed by atoms with Crippen molar-refractivity contribution >= 4 is 11.8 Å². The monoisotopic (exact) mass is 341 g/mol. The summed E-state index contributed by atoms with van der Waals surface area (Å²) in [7, 11) is 0. The first kappa shape index (κ1) is 15.9. The molecule has 1 unspecified atom stereocenters. The minimum atomic E-state index is -0.536. The zero-order valence-electron chi connectivity index (χ0n) is 14.1. The molecule has 1 saturated heterocycles. The molecule has 0 aliphatic carbocycles. The Labute approximate surface area is 146 Å². The van der Waals surface area contributed by atoms with E-state index in [1.165, 1.54) is 25.9 Å². The van der Waals surface area contributed by atoms with Gasteiger partial charge in [0.25, 0.3) is 0 Å². The summed E-state index contributed by atoms with van der Waals surface area (Å²) in [6, 6.07) is 7.91. The third-order valence-corrected chi connectivity index (χ3v) is 4.59. The third-order valence-electron chi connectivity index (χ3n) is 4.59. The molecule has 2 aliphatic rings. The largest absolute Gasteiger partial charge is 0.492 e. The van der Waals surface area contributed by atoms with Crippen LogP contribution in [0.15, 0.2) is 35.6 Å². The van der Waals surface area contributed by atoms with Crippen molar-refractivity contribution in [1.29, 1.82) is 0 Å². The van der Waals surface area contributed by atoms with Crippen molar-refractivity contribution in [2.45, 2.75) is 19.0 Å². The van der Waals surface area contributed by atoms with Crippen LogP contribution in [-0.2, 0) is 0 Å². The highest BCUT2D eigenvalue weighted by Crippen LogP contribution is 2.28. The Kier molecular flexibility index (Phi) is 4.29. The van der Waals surface area contributed by atoms with Crippen LogP contribution in [0.2, 0.25) is 0 Å². The highest BCUT2D eigenvalue weighted by Gasteiger charge is 2.22. The Morgan fingerprint density at radius 3 is 2.72 bits per heavy atom. The van der Waals surface area contributed by atoms with E-state index in [0.29, 0.717) is 18.3 Å². The van der Waals surface area contributed by atoms with Crippen LogP contribution in [0.25, 0.3) is 5.69 Å². The van der Waals surface area contributed by atoms with Gasteiger partial charge in [-0.05, 0) is 50.2 Å². The lowest BCUT2D eigenvalue weighted by Crippen LogP contribution is -2.31. The fourth-order valence-corrected chi connectivity index (χ4v) is 3.27. The maximum atomic E-state index is 5.95. The molecule has 2 aliphatic heterocycles. The smallest absolute Gasteiger partial charge is 0.196 e. The van der Waals surface area contributed by atoms with E-state index in [-0.39, 0.29) is 0 Å². The first-order chi connectivity index (χ1) is 12.2. The Hall–Kier alpha value is -2.58. The number of hydrogen-bond acceptors (Lipinski definition) is 7. The molecule has 0 saturated carbocycles. The quantitative estimate of drug-likeness (QED) is 0.750. The topological polar surface area (TPSA) is 107 Å². The second kappa shape index (κ2) is 6.73. The number of nitrogens with one attached hydrogen (secondary N) is 1. The maximum Gasteiger partial charge on any atom is 0.196 e. The summed E-state index contributed by atoms with van der Waals surface area (Å²) in [5, 5.41) is 3.03. The summed E-state index contributed by atoms with van der Waals surface area (Å²) in [5.74, 6) is 1.91. The Balaban J connectivity index is 1.43. The molecule has 8 heteroatoms. The number of likely N-dealkylation sites (tertiary alicyclic amines) is 1. The summed E-state index contributed by atoms with van der Waals surface area (Å²) < 4.78 is 7.75. The summed E-state index contributed by atoms with van der Waals surface area (Å²) in [4.78, 5) is 10.9. The molecule has 0 radical (unpaired) electrons. The lowest BCUT2D eigenvalue weighted by molar-refractivity contribution is 0.238. The standard InChI is InChI=1S/C17H23N7O/c18-15-14-16(22-17(19)21-15)24(11-20-14)12-3-5-13(6-4-12)25-10-9-23-7-1-2-8-23/h3-6,11,15H,1-2,7-10,18H2,(H3,19,21,22). The van der Waals surface area contributed by atoms with Gasteiger partial charge in [-0.25, -0.2) is 9.98 Å². The van der Waals surface area contributed by atoms with E-state index in [2.05, 4.69) is 20.2 Å². The first-order valence-electron chi connectivity index (χ1n) is 8.59. The molecular weight excluding hydrogens is 318 g/mol. The lowest BCUT2D eigenvalue weighted by Gasteiger charge is -2.18. The Morgan fingerprint density at radius 2 is 1.96 bits per heavy atom. The van der Waals surface area contributed by atoms with Crippen LogP contribution in [0.5, 0.6) is 5.75 Å². The van der Waals surface area contributed by atoms with Crippen LogP contribution < -0.4 is 21.5 Å². The number of benzene rings is 1. The minimum absolute atomic E-state index is 0.295. The maximum absolute atomic E-state index is 5.95. The lowest BCUT2D eigenvalue weighted by atomic mass is 10.2. The predicted octanol–water partition coefficient (Wildman–Crippen LogP) is 1.04. The first-order valence-corrected chi connectivity index (χ1v) is 8.59. The van der Waals surface area contributed by atoms with Crippen LogP contribution in [0.3, 0.4) is 0 Å². The van der Waals surface area contributed by atoms with Crippen molar-refractivity contribution in [2.24, 2.45) is 16.5 Å². The number of anilines is 1. The zero-order chi connectivity index (χ0) is 17.2. The van der Waals surface area contributed by atoms with Gasteiger partial charge in [-0.3, -0.25) is 9.47 Å². The van der Waals surface area contributed by atoms with E-state index in [1.807, 2.05) is 28.8 Å². The van der Waals surface area contributed by atoms with Gasteiger partial charge in [0, 0.05) is 12.2 Å². The van der Waals surface area contributed by atoms with Crippen molar-refractivity contribution in [3.63, 3.8) is 0 Å². The molecule has 1 fully saturated rings. The summed E-state index contributed by atoms with van der Waals surface area (Å²) >= 11 is 0. The van der Waals surface area contributed by atoms with Crippen LogP contribution in [-0.4, -0.2) is 46.7 Å². The zero-order valence-corrected chi connectivity index (χ0v) is 14.1. The molecule has 1 atom stereocenters. The molecule has 25 heavy (non-hydrogen) atoms. The molecule has 8 nitrogen and oxygen atoms in total. The molecule has 0 spiro atoms. The molecule has 1 aromatic heterocycles. The summed E-state index contributed by atoms with van der Waals surface area (Å²) in [6.45, 7) is 4.08. The number of guanidine groups is 1. The number of rotatable bonds is 5. The van der Waals surface area contributed by atoms with Gasteiger partial charge < -0.3 is 21.5 Å². The molecule has 132 valence electrons. The highest BCUT2D eigenvalue weighted by atomic mass is 16.5. The van der Waals surface area contributed by atoms with Gasteiger partial charge in [-0.1, -0.05) is 0 Å². The van der Waals surface area contributed by atoms with Gasteiger partial charge in [0.1, 0.15) is 36.4 Å². The number of imidazole rings is 1. The van der Waals surface area contributed by atoms with Crippen molar-refractivity contribution in [3.05, 3.63) is 36.3 Å². The van der Waals surface area contributed by atoms with Gasteiger partial charge in [-0.2, -0.15) is 0 Å². The van der Waals surface area contributed by atoms with Crippen LogP contribution in [0.1, 0.15) is 24.7 Å². The fraction of sp³-hybridized carbons (Fsp3) is 0.412. The normalized spacial score (nSPS) is 20.0. The summed E-state index contributed by atoms with van der Waals surface area (Å²) in [6.07, 6.45) is 3.79. The van der Waals surface area contributed by atoms with Crippen LogP contribution in [0.4, 0.5) is 5.82 Å². The van der Waals surface area contributed by atoms with E-state index in [0.717, 1.165) is 23.8 Å². The molecule has 1 aromatic carbocycles. The molecule has 0 bridgehead atoms. The number of nitrogens with zero attached hydrogens (tertiary/aromatic N) is 4. The summed E-state index contributed by atoms with van der Waals surface area (Å²) in [5.41, 5.74) is 13.4. The van der Waals surface area contributed by atoms with E-state index >= 15 is 0 Å². The average molecular weight is 341 g/mol. The molecule has 5 N–H and O–H groups in total. The SMILES string of the molecule is NC1=NC(N)c2ncn(-c3ccc(OCCN4CCCC4)cc3)c2N1. The van der Waals surface area contributed by atoms with E-state index < -0.39 is 6.17 Å². The van der Waals surface area contributed by atoms with Crippen LogP contribution >= 0.6 is 0 Å². The average Bonchev–Trinajstić information content (AvgIpc) is 3.25. The highest BCUT2D eigenvalue weighted by molar-refractivity contribution is 5.94. The molecule has 4 rings (SSSR count). The Bertz CT molecular complexity index is 762. The second-order valence-electron chi connectivity index (χ2n) is 6.32. The fourth-order valence-electron chi connectivity index (χ4n) is 3.27. The van der Waals surface area contributed by atoms with E-state index in [9.17, 15) is 0 Å². The predicted molar refractivity (Wildman–Crippen MR) is 96.9 cm³/mol. The molecule has 2 aromatic rings. The number of ether oxygens (including phenoxy) is 1. The number of hydrogen-bond donors (Lipinski definition) is 3. The second-order valence-corrected chi connectivity index (χ2v) is 6.32. The van der Waals surface area contributed by atoms with Gasteiger partial charge >= 0.3 is 0 Å². The van der Waals surface area contributed by atoms with Gasteiger partial charge in [-0.15, -0.1) is 0 Å². The van der Waals surface area contributed by atoms with Gasteiger partial charge in [0.15, 0.2) is 5.96 Å². The van der Waals surface area contributed by atoms with Gasteiger partial charge in [0.2, 0.25) is 0 Å². The third kappa shape index (κ3) is 3.31. The molecule has 3 heterocycles. The Morgan fingerprint density at radius 1 is 1.20 bits per heavy atom. The van der Waals surface area contributed by atoms with Crippen LogP contribution in [0, 0.1) is 0 Å². The number of aromatic nitrogens is 2. The molecule has 0 amide bonds. The number of fused-ring (bicyclic) bond motifs is 1. The molecular formula is C17H23N7O. The van der Waals surface area contributed by atoms with Crippen molar-refractivity contribution in [3.8, 4) is 11.4 Å². The van der Waals surface area contributed by atoms with Gasteiger partial charge in [0.05, 0.1) is 0 Å².